The van der Waals surface area contributed by atoms with Gasteiger partial charge in [0.15, 0.2) is 0 Å². The van der Waals surface area contributed by atoms with E-state index in [1.165, 1.54) is 12.3 Å². The van der Waals surface area contributed by atoms with Gasteiger partial charge in [-0.2, -0.15) is 0 Å². The summed E-state index contributed by atoms with van der Waals surface area (Å²) in [6.45, 7) is 2.95. The fourth-order valence-electron chi connectivity index (χ4n) is 3.19. The second-order valence-corrected chi connectivity index (χ2v) is 6.04. The van der Waals surface area contributed by atoms with E-state index in [1.54, 1.807) is 6.20 Å². The molecule has 26 heavy (non-hydrogen) atoms. The van der Waals surface area contributed by atoms with Gasteiger partial charge in [-0.15, -0.1) is 0 Å². The third-order valence-corrected chi connectivity index (χ3v) is 4.46. The summed E-state index contributed by atoms with van der Waals surface area (Å²) in [5.74, 6) is 0.865. The molecule has 1 aliphatic heterocycles. The molecule has 0 radical (unpaired) electrons. The van der Waals surface area contributed by atoms with Crippen molar-refractivity contribution >= 4 is 22.4 Å². The lowest BCUT2D eigenvalue weighted by atomic mass is 10.0. The van der Waals surface area contributed by atoms with Crippen molar-refractivity contribution in [1.29, 1.82) is 5.41 Å². The van der Waals surface area contributed by atoms with E-state index in [2.05, 4.69) is 20.9 Å². The molecule has 1 saturated heterocycles. The number of morpholine rings is 1. The number of aromatic nitrogens is 3. The zero-order valence-electron chi connectivity index (χ0n) is 14.3. The smallest absolute Gasteiger partial charge is 0.130 e. The molecular weight excluding hydrogens is 328 g/mol. The second kappa shape index (κ2) is 6.97. The maximum Gasteiger partial charge on any atom is 0.130 e. The van der Waals surface area contributed by atoms with Crippen LogP contribution in [-0.2, 0) is 4.74 Å². The first kappa shape index (κ1) is 16.3. The summed E-state index contributed by atoms with van der Waals surface area (Å²) in [5, 5.41) is 9.21. The number of aromatic amines is 1. The molecule has 0 atom stereocenters. The quantitative estimate of drug-likeness (QED) is 0.628. The van der Waals surface area contributed by atoms with E-state index in [-0.39, 0.29) is 5.71 Å². The Labute approximate surface area is 151 Å². The van der Waals surface area contributed by atoms with Crippen molar-refractivity contribution < 1.29 is 4.74 Å². The number of anilines is 1. The van der Waals surface area contributed by atoms with Gasteiger partial charge >= 0.3 is 0 Å². The normalized spacial score (nSPS) is 15.0. The number of allylic oxidation sites excluding steroid dienone is 1. The van der Waals surface area contributed by atoms with Crippen molar-refractivity contribution in [3.8, 4) is 11.3 Å². The van der Waals surface area contributed by atoms with Crippen LogP contribution < -0.4 is 10.6 Å². The molecule has 7 heteroatoms. The van der Waals surface area contributed by atoms with Gasteiger partial charge in [0.1, 0.15) is 17.0 Å². The third kappa shape index (κ3) is 2.93. The molecule has 7 nitrogen and oxygen atoms in total. The van der Waals surface area contributed by atoms with Crippen LogP contribution in [0.5, 0.6) is 0 Å². The Morgan fingerprint density at radius 3 is 2.88 bits per heavy atom. The maximum atomic E-state index is 8.26. The van der Waals surface area contributed by atoms with Crippen LogP contribution in [0.25, 0.3) is 22.2 Å². The highest BCUT2D eigenvalue weighted by molar-refractivity contribution is 6.14. The fourth-order valence-corrected chi connectivity index (χ4v) is 3.19. The topological polar surface area (TPSA) is 104 Å². The highest BCUT2D eigenvalue weighted by Gasteiger charge is 2.18. The fraction of sp³-hybridized carbons (Fsp3) is 0.211. The molecular formula is C19H20N6O. The van der Waals surface area contributed by atoms with Crippen LogP contribution in [0.15, 0.2) is 48.9 Å². The SMILES string of the molecule is N=C(C=CN)c1nccc2c(-c3ccc[nH]3)cc(N3CCOCC3)nc12. The minimum Gasteiger partial charge on any atom is -0.405 e. The van der Waals surface area contributed by atoms with Gasteiger partial charge in [-0.05, 0) is 36.5 Å². The number of fused-ring (bicyclic) bond motifs is 1. The lowest BCUT2D eigenvalue weighted by Gasteiger charge is -2.28. The number of hydrogen-bond acceptors (Lipinski definition) is 6. The summed E-state index contributed by atoms with van der Waals surface area (Å²) in [5.41, 5.74) is 8.97. The summed E-state index contributed by atoms with van der Waals surface area (Å²) in [7, 11) is 0. The van der Waals surface area contributed by atoms with Crippen LogP contribution in [0.2, 0.25) is 0 Å². The maximum absolute atomic E-state index is 8.26. The minimum absolute atomic E-state index is 0.238. The molecule has 0 aromatic carbocycles. The van der Waals surface area contributed by atoms with Crippen molar-refractivity contribution in [3.63, 3.8) is 0 Å². The Kier molecular flexibility index (Phi) is 4.37. The van der Waals surface area contributed by atoms with E-state index in [4.69, 9.17) is 20.9 Å². The number of H-pyrrole nitrogens is 1. The zero-order chi connectivity index (χ0) is 17.9. The molecule has 4 N–H and O–H groups in total. The van der Waals surface area contributed by atoms with Crippen LogP contribution >= 0.6 is 0 Å². The number of hydrogen-bond donors (Lipinski definition) is 3. The predicted molar refractivity (Wildman–Crippen MR) is 103 cm³/mol. The van der Waals surface area contributed by atoms with Gasteiger partial charge < -0.3 is 20.4 Å². The van der Waals surface area contributed by atoms with Crippen molar-refractivity contribution in [1.82, 2.24) is 15.0 Å². The molecule has 0 spiro atoms. The minimum atomic E-state index is 0.238. The Balaban J connectivity index is 1.95. The first-order chi connectivity index (χ1) is 12.8. The van der Waals surface area contributed by atoms with Gasteiger partial charge in [0, 0.05) is 42.1 Å². The molecule has 4 rings (SSSR count). The van der Waals surface area contributed by atoms with Gasteiger partial charge in [0.2, 0.25) is 0 Å². The second-order valence-electron chi connectivity index (χ2n) is 6.04. The standard InChI is InChI=1S/C19H20N6O/c20-5-3-15(21)19-18-13(4-7-23-19)14(16-2-1-6-22-16)12-17(24-18)25-8-10-26-11-9-25/h1-7,12,21-22H,8-11,20H2. The number of pyridine rings is 2. The first-order valence-electron chi connectivity index (χ1n) is 8.51. The molecule has 0 aliphatic carbocycles. The lowest BCUT2D eigenvalue weighted by molar-refractivity contribution is 0.122. The van der Waals surface area contributed by atoms with Gasteiger partial charge in [0.25, 0.3) is 0 Å². The van der Waals surface area contributed by atoms with Crippen LogP contribution in [0.4, 0.5) is 5.82 Å². The van der Waals surface area contributed by atoms with Crippen LogP contribution in [0, 0.1) is 5.41 Å². The Hall–Kier alpha value is -3.19. The summed E-state index contributed by atoms with van der Waals surface area (Å²) in [6, 6.07) is 8.02. The van der Waals surface area contributed by atoms with E-state index >= 15 is 0 Å². The molecule has 0 unspecified atom stereocenters. The first-order valence-corrected chi connectivity index (χ1v) is 8.51. The Morgan fingerprint density at radius 1 is 1.31 bits per heavy atom. The average Bonchev–Trinajstić information content (AvgIpc) is 3.22. The number of nitrogens with zero attached hydrogens (tertiary/aromatic N) is 3. The van der Waals surface area contributed by atoms with Crippen molar-refractivity contribution in [2.45, 2.75) is 0 Å². The summed E-state index contributed by atoms with van der Waals surface area (Å²) >= 11 is 0. The molecule has 0 saturated carbocycles. The lowest BCUT2D eigenvalue weighted by Crippen LogP contribution is -2.36. The van der Waals surface area contributed by atoms with Crippen molar-refractivity contribution in [2.24, 2.45) is 5.73 Å². The summed E-state index contributed by atoms with van der Waals surface area (Å²) < 4.78 is 5.46. The van der Waals surface area contributed by atoms with Crippen LogP contribution in [-0.4, -0.2) is 47.0 Å². The van der Waals surface area contributed by atoms with E-state index in [1.807, 2.05) is 24.4 Å². The highest BCUT2D eigenvalue weighted by Crippen LogP contribution is 2.32. The van der Waals surface area contributed by atoms with Crippen molar-refractivity contribution in [2.75, 3.05) is 31.2 Å². The summed E-state index contributed by atoms with van der Waals surface area (Å²) in [6.07, 6.45) is 6.48. The number of ether oxygens (including phenoxy) is 1. The Bertz CT molecular complexity index is 958. The van der Waals surface area contributed by atoms with Gasteiger partial charge in [-0.1, -0.05) is 0 Å². The third-order valence-electron chi connectivity index (χ3n) is 4.46. The molecule has 3 aromatic heterocycles. The molecule has 4 heterocycles. The highest BCUT2D eigenvalue weighted by atomic mass is 16.5. The Morgan fingerprint density at radius 2 is 2.15 bits per heavy atom. The average molecular weight is 348 g/mol. The van der Waals surface area contributed by atoms with Crippen molar-refractivity contribution in [3.05, 3.63) is 54.6 Å². The van der Waals surface area contributed by atoms with E-state index in [9.17, 15) is 0 Å². The molecule has 1 fully saturated rings. The van der Waals surface area contributed by atoms with Gasteiger partial charge in [-0.3, -0.25) is 10.4 Å². The molecule has 1 aliphatic rings. The summed E-state index contributed by atoms with van der Waals surface area (Å²) in [4.78, 5) is 14.7. The van der Waals surface area contributed by atoms with Crippen LogP contribution in [0.3, 0.4) is 0 Å². The zero-order valence-corrected chi connectivity index (χ0v) is 14.3. The number of rotatable bonds is 4. The molecule has 132 valence electrons. The number of nitrogens with two attached hydrogens (primary N) is 1. The van der Waals surface area contributed by atoms with E-state index < -0.39 is 0 Å². The predicted octanol–water partition coefficient (Wildman–Crippen LogP) is 2.30. The number of nitrogens with one attached hydrogen (secondary N) is 2. The van der Waals surface area contributed by atoms with Gasteiger partial charge in [0.05, 0.1) is 18.9 Å². The molecule has 3 aromatic rings. The van der Waals surface area contributed by atoms with Gasteiger partial charge in [-0.25, -0.2) is 4.98 Å². The van der Waals surface area contributed by atoms with E-state index in [0.717, 1.165) is 35.6 Å². The largest absolute Gasteiger partial charge is 0.405 e. The molecule has 0 amide bonds. The van der Waals surface area contributed by atoms with E-state index in [0.29, 0.717) is 24.4 Å². The molecule has 0 bridgehead atoms. The monoisotopic (exact) mass is 348 g/mol. The van der Waals surface area contributed by atoms with Crippen LogP contribution in [0.1, 0.15) is 5.69 Å².